The van der Waals surface area contributed by atoms with Gasteiger partial charge < -0.3 is 9.32 Å². The van der Waals surface area contributed by atoms with Gasteiger partial charge in [0.05, 0.1) is 5.41 Å². The maximum absolute atomic E-state index is 6.27. The molecule has 2 aliphatic carbocycles. The number of fused-ring (bicyclic) bond motifs is 15. The van der Waals surface area contributed by atoms with E-state index < -0.39 is 5.41 Å². The molecular formula is C61H39NO. The van der Waals surface area contributed by atoms with E-state index in [1.165, 1.54) is 77.9 Å². The van der Waals surface area contributed by atoms with Crippen LogP contribution in [0.25, 0.3) is 77.6 Å². The van der Waals surface area contributed by atoms with Crippen LogP contribution >= 0.6 is 0 Å². The van der Waals surface area contributed by atoms with E-state index in [0.29, 0.717) is 0 Å². The summed E-state index contributed by atoms with van der Waals surface area (Å²) in [4.78, 5) is 2.36. The normalized spacial score (nSPS) is 12.9. The fourth-order valence-corrected chi connectivity index (χ4v) is 10.9. The predicted octanol–water partition coefficient (Wildman–Crippen LogP) is 16.4. The second kappa shape index (κ2) is 13.9. The zero-order chi connectivity index (χ0) is 41.5. The van der Waals surface area contributed by atoms with Crippen molar-refractivity contribution in [3.05, 3.63) is 259 Å². The zero-order valence-electron chi connectivity index (χ0n) is 34.4. The summed E-state index contributed by atoms with van der Waals surface area (Å²) in [6.45, 7) is 0. The Morgan fingerprint density at radius 3 is 1.41 bits per heavy atom. The maximum atomic E-state index is 6.27. The molecule has 1 heterocycles. The molecule has 0 amide bonds. The Kier molecular flexibility index (Phi) is 7.85. The van der Waals surface area contributed by atoms with Gasteiger partial charge in [0.2, 0.25) is 0 Å². The summed E-state index contributed by atoms with van der Waals surface area (Å²) in [5.41, 5.74) is 22.2. The molecule has 294 valence electrons. The highest BCUT2D eigenvalue weighted by Gasteiger charge is 2.50. The second-order valence-corrected chi connectivity index (χ2v) is 16.7. The molecule has 1 spiro atoms. The van der Waals surface area contributed by atoms with E-state index in [9.17, 15) is 0 Å². The smallest absolute Gasteiger partial charge is 0.135 e. The molecule has 11 aromatic rings. The van der Waals surface area contributed by atoms with Gasteiger partial charge in [-0.2, -0.15) is 0 Å². The van der Waals surface area contributed by atoms with Crippen molar-refractivity contribution < 1.29 is 4.42 Å². The van der Waals surface area contributed by atoms with Crippen LogP contribution in [0.4, 0.5) is 17.1 Å². The molecule has 0 atom stereocenters. The van der Waals surface area contributed by atoms with Crippen molar-refractivity contribution >= 4 is 39.0 Å². The summed E-state index contributed by atoms with van der Waals surface area (Å²) in [6, 6.07) is 86.7. The molecule has 2 heteroatoms. The van der Waals surface area contributed by atoms with Crippen LogP contribution in [0.1, 0.15) is 22.3 Å². The molecule has 13 rings (SSSR count). The molecule has 2 aliphatic rings. The lowest BCUT2D eigenvalue weighted by Gasteiger charge is -2.35. The summed E-state index contributed by atoms with van der Waals surface area (Å²) in [7, 11) is 0. The Morgan fingerprint density at radius 1 is 0.286 bits per heavy atom. The van der Waals surface area contributed by atoms with Crippen molar-refractivity contribution in [1.29, 1.82) is 0 Å². The number of nitrogens with zero attached hydrogens (tertiary/aromatic N) is 1. The number of hydrogen-bond donors (Lipinski definition) is 0. The first-order chi connectivity index (χ1) is 31.3. The van der Waals surface area contributed by atoms with Crippen LogP contribution in [0, 0.1) is 0 Å². The van der Waals surface area contributed by atoms with Gasteiger partial charge in [0.15, 0.2) is 0 Å². The molecule has 0 aliphatic heterocycles. The number of para-hydroxylation sites is 1. The summed E-state index contributed by atoms with van der Waals surface area (Å²) < 4.78 is 6.27. The lowest BCUT2D eigenvalue weighted by molar-refractivity contribution is 0.669. The molecule has 63 heavy (non-hydrogen) atoms. The van der Waals surface area contributed by atoms with Crippen LogP contribution < -0.4 is 4.90 Å². The molecule has 0 saturated carbocycles. The number of hydrogen-bond acceptors (Lipinski definition) is 2. The topological polar surface area (TPSA) is 16.4 Å². The van der Waals surface area contributed by atoms with Crippen molar-refractivity contribution in [3.8, 4) is 55.6 Å². The van der Waals surface area contributed by atoms with Crippen LogP contribution in [0.5, 0.6) is 0 Å². The highest BCUT2D eigenvalue weighted by molar-refractivity contribution is 6.07. The van der Waals surface area contributed by atoms with Gasteiger partial charge in [0, 0.05) is 27.8 Å². The lowest BCUT2D eigenvalue weighted by atomic mass is 9.66. The highest BCUT2D eigenvalue weighted by Crippen LogP contribution is 2.62. The Hall–Kier alpha value is -8.20. The number of anilines is 3. The van der Waals surface area contributed by atoms with Gasteiger partial charge in [-0.15, -0.1) is 0 Å². The summed E-state index contributed by atoms with van der Waals surface area (Å²) in [5.74, 6) is 0. The minimum absolute atomic E-state index is 0.521. The van der Waals surface area contributed by atoms with Crippen LogP contribution in [0.15, 0.2) is 241 Å². The van der Waals surface area contributed by atoms with Gasteiger partial charge in [0.1, 0.15) is 11.2 Å². The van der Waals surface area contributed by atoms with Gasteiger partial charge in [0.25, 0.3) is 0 Å². The molecule has 0 fully saturated rings. The first-order valence-corrected chi connectivity index (χ1v) is 21.8. The van der Waals surface area contributed by atoms with Crippen LogP contribution in [-0.4, -0.2) is 0 Å². The molecular weight excluding hydrogens is 763 g/mol. The van der Waals surface area contributed by atoms with Crippen molar-refractivity contribution in [1.82, 2.24) is 0 Å². The third-order valence-corrected chi connectivity index (χ3v) is 13.5. The van der Waals surface area contributed by atoms with Gasteiger partial charge in [-0.05, 0) is 126 Å². The molecule has 1 aromatic heterocycles. The Morgan fingerprint density at radius 2 is 0.746 bits per heavy atom. The van der Waals surface area contributed by atoms with Gasteiger partial charge >= 0.3 is 0 Å². The number of rotatable bonds is 5. The minimum Gasteiger partial charge on any atom is -0.456 e. The maximum Gasteiger partial charge on any atom is 0.135 e. The molecule has 0 N–H and O–H groups in total. The van der Waals surface area contributed by atoms with Crippen LogP contribution in [-0.2, 0) is 5.41 Å². The summed E-state index contributed by atoms with van der Waals surface area (Å²) >= 11 is 0. The Labute approximate surface area is 366 Å². The van der Waals surface area contributed by atoms with Crippen molar-refractivity contribution in [2.45, 2.75) is 5.41 Å². The average Bonchev–Trinajstić information content (AvgIpc) is 3.85. The molecule has 0 bridgehead atoms. The number of furan rings is 1. The summed E-state index contributed by atoms with van der Waals surface area (Å²) in [5, 5.41) is 2.21. The molecule has 0 radical (unpaired) electrons. The van der Waals surface area contributed by atoms with E-state index >= 15 is 0 Å². The fourth-order valence-electron chi connectivity index (χ4n) is 10.9. The molecule has 2 nitrogen and oxygen atoms in total. The fraction of sp³-hybridized carbons (Fsp3) is 0.0164. The lowest BCUT2D eigenvalue weighted by Crippen LogP contribution is -2.29. The Balaban J connectivity index is 0.988. The molecule has 0 saturated heterocycles. The van der Waals surface area contributed by atoms with Crippen molar-refractivity contribution in [2.24, 2.45) is 0 Å². The molecule has 0 unspecified atom stereocenters. The first-order valence-electron chi connectivity index (χ1n) is 21.8. The monoisotopic (exact) mass is 801 g/mol. The average molecular weight is 802 g/mol. The zero-order valence-corrected chi connectivity index (χ0v) is 34.4. The van der Waals surface area contributed by atoms with E-state index in [1.54, 1.807) is 0 Å². The van der Waals surface area contributed by atoms with E-state index in [-0.39, 0.29) is 0 Å². The van der Waals surface area contributed by atoms with E-state index in [2.05, 4.69) is 229 Å². The van der Waals surface area contributed by atoms with Gasteiger partial charge in [-0.25, -0.2) is 0 Å². The van der Waals surface area contributed by atoms with Crippen LogP contribution in [0.3, 0.4) is 0 Å². The third kappa shape index (κ3) is 5.25. The van der Waals surface area contributed by atoms with Crippen molar-refractivity contribution in [3.63, 3.8) is 0 Å². The summed E-state index contributed by atoms with van der Waals surface area (Å²) in [6.07, 6.45) is 0. The standard InChI is InChI=1S/C61H39NO/c1-2-15-40(16-3-1)41-29-33-43(34-30-41)62(45-37-38-59-53(39-45)51-21-9-13-28-58(51)63-59)44-35-31-42(32-36-44)46-23-14-27-57-60(46)52-22-8-12-26-56(52)61(57)54-24-10-6-19-49(54)47-17-4-5-18-48(47)50-20-7-11-25-55(50)61/h1-39H. The van der Waals surface area contributed by atoms with Crippen LogP contribution in [0.2, 0.25) is 0 Å². The molecule has 10 aromatic carbocycles. The minimum atomic E-state index is -0.521. The van der Waals surface area contributed by atoms with E-state index in [0.717, 1.165) is 39.0 Å². The van der Waals surface area contributed by atoms with Gasteiger partial charge in [-0.1, -0.05) is 188 Å². The van der Waals surface area contributed by atoms with E-state index in [4.69, 9.17) is 4.42 Å². The SMILES string of the molecule is c1ccc(-c2ccc(N(c3ccc(-c4cccc5c4-c4ccccc4C54c5ccccc5-c5ccccc5-c5ccccc54)cc3)c3ccc4oc5ccccc5c4c3)cc2)cc1. The second-order valence-electron chi connectivity index (χ2n) is 16.7. The van der Waals surface area contributed by atoms with Gasteiger partial charge in [-0.3, -0.25) is 0 Å². The largest absolute Gasteiger partial charge is 0.456 e. The Bertz CT molecular complexity index is 3490. The predicted molar refractivity (Wildman–Crippen MR) is 261 cm³/mol. The van der Waals surface area contributed by atoms with Crippen molar-refractivity contribution in [2.75, 3.05) is 4.90 Å². The van der Waals surface area contributed by atoms with E-state index in [1.807, 2.05) is 12.1 Å². The quantitative estimate of drug-likeness (QED) is 0.172. The highest BCUT2D eigenvalue weighted by atomic mass is 16.3. The third-order valence-electron chi connectivity index (χ3n) is 13.5. The number of benzene rings is 10. The first kappa shape index (κ1) is 35.5.